The second-order valence-corrected chi connectivity index (χ2v) is 6.14. The Morgan fingerprint density at radius 2 is 1.79 bits per heavy atom. The Balaban J connectivity index is 0.00000529. The van der Waals surface area contributed by atoms with Gasteiger partial charge in [-0.05, 0) is 50.5 Å². The molecule has 2 N–H and O–H groups in total. The first-order valence-corrected chi connectivity index (χ1v) is 8.33. The monoisotopic (exact) mass is 449 g/mol. The Morgan fingerprint density at radius 1 is 1.12 bits per heavy atom. The molecule has 0 aliphatic rings. The summed E-state index contributed by atoms with van der Waals surface area (Å²) in [6.45, 7) is 10.8. The number of halogens is 1. The quantitative estimate of drug-likeness (QED) is 0.258. The van der Waals surface area contributed by atoms with Crippen LogP contribution in [0, 0.1) is 5.92 Å². The normalized spacial score (nSPS) is 11.4. The number of nitrogens with zero attached hydrogens (tertiary/aromatic N) is 1. The van der Waals surface area contributed by atoms with Crippen LogP contribution in [0.5, 0.6) is 5.75 Å². The van der Waals surface area contributed by atoms with Crippen LogP contribution in [0.2, 0.25) is 0 Å². The van der Waals surface area contributed by atoms with E-state index < -0.39 is 0 Å². The highest BCUT2D eigenvalue weighted by Crippen LogP contribution is 2.16. The van der Waals surface area contributed by atoms with E-state index in [1.807, 2.05) is 38.1 Å². The Bertz CT molecular complexity index is 462. The molecule has 0 radical (unpaired) electrons. The summed E-state index contributed by atoms with van der Waals surface area (Å²) >= 11 is 0. The minimum Gasteiger partial charge on any atom is -0.491 e. The van der Waals surface area contributed by atoms with E-state index in [-0.39, 0.29) is 30.1 Å². The van der Waals surface area contributed by atoms with Gasteiger partial charge in [0, 0.05) is 32.5 Å². The summed E-state index contributed by atoms with van der Waals surface area (Å²) in [6, 6.07) is 7.87. The van der Waals surface area contributed by atoms with Crippen molar-refractivity contribution < 1.29 is 9.47 Å². The molecule has 0 aliphatic heterocycles. The maximum absolute atomic E-state index is 5.63. The zero-order valence-electron chi connectivity index (χ0n) is 15.5. The summed E-state index contributed by atoms with van der Waals surface area (Å²) in [5.41, 5.74) is 0.977. The highest BCUT2D eigenvalue weighted by atomic mass is 127. The maximum atomic E-state index is 5.63. The number of benzene rings is 1. The molecule has 0 saturated carbocycles. The molecule has 0 aromatic heterocycles. The molecule has 0 heterocycles. The van der Waals surface area contributed by atoms with Gasteiger partial charge in [0.1, 0.15) is 5.75 Å². The number of nitrogens with one attached hydrogen (secondary N) is 2. The number of hydrogen-bond acceptors (Lipinski definition) is 3. The number of anilines is 1. The van der Waals surface area contributed by atoms with Gasteiger partial charge in [-0.3, -0.25) is 4.99 Å². The molecule has 0 spiro atoms. The van der Waals surface area contributed by atoms with E-state index in [9.17, 15) is 0 Å². The van der Waals surface area contributed by atoms with E-state index in [4.69, 9.17) is 9.47 Å². The van der Waals surface area contributed by atoms with E-state index in [1.54, 1.807) is 7.05 Å². The standard InChI is InChI=1S/C18H31N3O2.HI/c1-14(2)13-22-12-6-11-20-18(19-5)21-16-7-9-17(10-8-16)23-15(3)4;/h7-10,14-15H,6,11-13H2,1-5H3,(H2,19,20,21);1H. The summed E-state index contributed by atoms with van der Waals surface area (Å²) in [7, 11) is 1.76. The molecular formula is C18H32IN3O2. The Hall–Kier alpha value is -1.02. The molecular weight excluding hydrogens is 417 g/mol. The third-order valence-corrected chi connectivity index (χ3v) is 2.92. The van der Waals surface area contributed by atoms with Crippen molar-refractivity contribution in [3.63, 3.8) is 0 Å². The van der Waals surface area contributed by atoms with Crippen LogP contribution < -0.4 is 15.4 Å². The zero-order valence-corrected chi connectivity index (χ0v) is 17.8. The summed E-state index contributed by atoms with van der Waals surface area (Å²) in [6.07, 6.45) is 1.13. The Labute approximate surface area is 163 Å². The van der Waals surface area contributed by atoms with Crippen molar-refractivity contribution in [2.24, 2.45) is 10.9 Å². The largest absolute Gasteiger partial charge is 0.491 e. The van der Waals surface area contributed by atoms with Gasteiger partial charge >= 0.3 is 0 Å². The molecule has 0 atom stereocenters. The van der Waals surface area contributed by atoms with Gasteiger partial charge < -0.3 is 20.1 Å². The van der Waals surface area contributed by atoms with Gasteiger partial charge in [0.2, 0.25) is 0 Å². The van der Waals surface area contributed by atoms with Crippen LogP contribution in [0.1, 0.15) is 34.1 Å². The molecule has 0 aliphatic carbocycles. The molecule has 24 heavy (non-hydrogen) atoms. The highest BCUT2D eigenvalue weighted by Gasteiger charge is 2.01. The summed E-state index contributed by atoms with van der Waals surface area (Å²) in [5, 5.41) is 6.54. The summed E-state index contributed by atoms with van der Waals surface area (Å²) < 4.78 is 11.2. The minimum absolute atomic E-state index is 0. The van der Waals surface area contributed by atoms with Crippen molar-refractivity contribution in [3.05, 3.63) is 24.3 Å². The van der Waals surface area contributed by atoms with Crippen LogP contribution in [0.4, 0.5) is 5.69 Å². The third kappa shape index (κ3) is 10.7. The molecule has 0 saturated heterocycles. The lowest BCUT2D eigenvalue weighted by atomic mass is 10.2. The van der Waals surface area contributed by atoms with Crippen molar-refractivity contribution in [2.45, 2.75) is 40.2 Å². The molecule has 0 amide bonds. The highest BCUT2D eigenvalue weighted by molar-refractivity contribution is 14.0. The average Bonchev–Trinajstić information content (AvgIpc) is 2.50. The number of rotatable bonds is 9. The van der Waals surface area contributed by atoms with Gasteiger partial charge in [-0.15, -0.1) is 24.0 Å². The lowest BCUT2D eigenvalue weighted by Gasteiger charge is -2.13. The van der Waals surface area contributed by atoms with Crippen molar-refractivity contribution in [1.29, 1.82) is 0 Å². The van der Waals surface area contributed by atoms with Gasteiger partial charge in [-0.1, -0.05) is 13.8 Å². The average molecular weight is 449 g/mol. The van der Waals surface area contributed by atoms with E-state index in [2.05, 4.69) is 29.5 Å². The number of guanidine groups is 1. The maximum Gasteiger partial charge on any atom is 0.195 e. The predicted molar refractivity (Wildman–Crippen MR) is 113 cm³/mol. The van der Waals surface area contributed by atoms with Gasteiger partial charge in [0.15, 0.2) is 5.96 Å². The van der Waals surface area contributed by atoms with Crippen molar-refractivity contribution >= 4 is 35.6 Å². The second kappa shape index (κ2) is 13.3. The van der Waals surface area contributed by atoms with Crippen LogP contribution in [0.3, 0.4) is 0 Å². The van der Waals surface area contributed by atoms with Gasteiger partial charge in [0.25, 0.3) is 0 Å². The smallest absolute Gasteiger partial charge is 0.195 e. The van der Waals surface area contributed by atoms with Gasteiger partial charge in [-0.2, -0.15) is 0 Å². The lowest BCUT2D eigenvalue weighted by Crippen LogP contribution is -2.32. The van der Waals surface area contributed by atoms with Crippen LogP contribution in [-0.2, 0) is 4.74 Å². The predicted octanol–water partition coefficient (Wildman–Crippen LogP) is 4.14. The van der Waals surface area contributed by atoms with Crippen molar-refractivity contribution in [3.8, 4) is 5.75 Å². The van der Waals surface area contributed by atoms with E-state index in [0.29, 0.717) is 5.92 Å². The van der Waals surface area contributed by atoms with Crippen LogP contribution >= 0.6 is 24.0 Å². The lowest BCUT2D eigenvalue weighted by molar-refractivity contribution is 0.108. The molecule has 1 aromatic rings. The molecule has 138 valence electrons. The van der Waals surface area contributed by atoms with E-state index in [0.717, 1.165) is 43.6 Å². The first-order chi connectivity index (χ1) is 11.0. The van der Waals surface area contributed by atoms with Gasteiger partial charge in [0.05, 0.1) is 6.10 Å². The van der Waals surface area contributed by atoms with E-state index in [1.165, 1.54) is 0 Å². The molecule has 0 bridgehead atoms. The molecule has 1 rings (SSSR count). The fourth-order valence-corrected chi connectivity index (χ4v) is 1.90. The molecule has 1 aromatic carbocycles. The summed E-state index contributed by atoms with van der Waals surface area (Å²) in [4.78, 5) is 4.22. The fourth-order valence-electron chi connectivity index (χ4n) is 1.90. The third-order valence-electron chi connectivity index (χ3n) is 2.92. The Kier molecular flexibility index (Phi) is 12.7. The molecule has 6 heteroatoms. The molecule has 0 fully saturated rings. The minimum atomic E-state index is 0. The first-order valence-electron chi connectivity index (χ1n) is 8.33. The fraction of sp³-hybridized carbons (Fsp3) is 0.611. The van der Waals surface area contributed by atoms with Crippen molar-refractivity contribution in [1.82, 2.24) is 5.32 Å². The first kappa shape index (κ1) is 23.0. The van der Waals surface area contributed by atoms with Gasteiger partial charge in [-0.25, -0.2) is 0 Å². The SMILES string of the molecule is CN=C(NCCCOCC(C)C)Nc1ccc(OC(C)C)cc1.I. The van der Waals surface area contributed by atoms with Crippen LogP contribution in [-0.4, -0.2) is 38.9 Å². The summed E-state index contributed by atoms with van der Waals surface area (Å²) in [5.74, 6) is 2.21. The topological polar surface area (TPSA) is 54.9 Å². The molecule has 5 nitrogen and oxygen atoms in total. The van der Waals surface area contributed by atoms with E-state index >= 15 is 0 Å². The van der Waals surface area contributed by atoms with Crippen molar-refractivity contribution in [2.75, 3.05) is 32.1 Å². The van der Waals surface area contributed by atoms with Crippen LogP contribution in [0.15, 0.2) is 29.3 Å². The second-order valence-electron chi connectivity index (χ2n) is 6.14. The zero-order chi connectivity index (χ0) is 17.1. The molecule has 0 unspecified atom stereocenters. The van der Waals surface area contributed by atoms with Crippen LogP contribution in [0.25, 0.3) is 0 Å². The number of aliphatic imine (C=N–C) groups is 1. The number of hydrogen-bond donors (Lipinski definition) is 2. The number of ether oxygens (including phenoxy) is 2. The Morgan fingerprint density at radius 3 is 2.33 bits per heavy atom.